The van der Waals surface area contributed by atoms with Crippen LogP contribution in [0.2, 0.25) is 0 Å². The fourth-order valence-corrected chi connectivity index (χ4v) is 2.80. The topological polar surface area (TPSA) is 50.4 Å². The summed E-state index contributed by atoms with van der Waals surface area (Å²) in [5, 5.41) is 6.10. The summed E-state index contributed by atoms with van der Waals surface area (Å²) in [4.78, 5) is 12.2. The second-order valence-corrected chi connectivity index (χ2v) is 5.46. The molecule has 1 aliphatic heterocycles. The number of hydrogen-bond acceptors (Lipinski definition) is 3. The number of hydrogen-bond donors (Lipinski definition) is 2. The zero-order valence-electron chi connectivity index (χ0n) is 12.7. The Morgan fingerprint density at radius 1 is 1.09 bits per heavy atom. The minimum absolute atomic E-state index is 0.172. The smallest absolute Gasteiger partial charge is 0.387 e. The molecule has 1 atom stereocenters. The van der Waals surface area contributed by atoms with Crippen LogP contribution in [0.25, 0.3) is 0 Å². The van der Waals surface area contributed by atoms with Crippen molar-refractivity contribution in [3.63, 3.8) is 0 Å². The van der Waals surface area contributed by atoms with Gasteiger partial charge in [0.2, 0.25) is 0 Å². The number of fused-ring (bicyclic) bond motifs is 1. The molecule has 1 amide bonds. The molecule has 0 radical (unpaired) electrons. The van der Waals surface area contributed by atoms with Crippen LogP contribution in [-0.4, -0.2) is 12.5 Å². The van der Waals surface area contributed by atoms with Crippen LogP contribution < -0.4 is 15.4 Å². The summed E-state index contributed by atoms with van der Waals surface area (Å²) in [7, 11) is 0. The molecule has 0 saturated carbocycles. The Morgan fingerprint density at radius 3 is 2.39 bits per heavy atom. The van der Waals surface area contributed by atoms with E-state index in [1.54, 1.807) is 38.1 Å². The number of alkyl halides is 2. The zero-order chi connectivity index (χ0) is 16.6. The molecule has 23 heavy (non-hydrogen) atoms. The lowest BCUT2D eigenvalue weighted by Gasteiger charge is -2.29. The van der Waals surface area contributed by atoms with Crippen LogP contribution in [0, 0.1) is 13.8 Å². The van der Waals surface area contributed by atoms with Gasteiger partial charge in [-0.15, -0.1) is 0 Å². The van der Waals surface area contributed by atoms with Crippen LogP contribution >= 0.6 is 0 Å². The molecule has 2 aromatic carbocycles. The highest BCUT2D eigenvalue weighted by Gasteiger charge is 2.25. The van der Waals surface area contributed by atoms with E-state index < -0.39 is 12.8 Å². The van der Waals surface area contributed by atoms with Gasteiger partial charge in [0.25, 0.3) is 5.91 Å². The molecule has 0 aromatic heterocycles. The first-order chi connectivity index (χ1) is 11.0. The van der Waals surface area contributed by atoms with Gasteiger partial charge in [0, 0.05) is 5.69 Å². The first kappa shape index (κ1) is 15.3. The number of carbonyl (C=O) groups excluding carboxylic acids is 1. The summed E-state index contributed by atoms with van der Waals surface area (Å²) in [6.45, 7) is 0.539. The molecule has 2 N–H and O–H groups in total. The Labute approximate surface area is 132 Å². The normalized spacial score (nSPS) is 16.6. The lowest BCUT2D eigenvalue weighted by atomic mass is 10.0. The van der Waals surface area contributed by atoms with Crippen molar-refractivity contribution < 1.29 is 18.3 Å². The average Bonchev–Trinajstić information content (AvgIpc) is 2.50. The molecule has 0 saturated heterocycles. The SMILES string of the molecule is Cc1cc([C@@H]2NC(=O)c3ccccc3N2)cc(C)c1OC(F)F. The average molecular weight is 318 g/mol. The first-order valence-corrected chi connectivity index (χ1v) is 7.18. The molecule has 120 valence electrons. The van der Waals surface area contributed by atoms with Gasteiger partial charge in [-0.3, -0.25) is 4.79 Å². The Kier molecular flexibility index (Phi) is 3.90. The third-order valence-corrected chi connectivity index (χ3v) is 3.77. The fourth-order valence-electron chi connectivity index (χ4n) is 2.80. The van der Waals surface area contributed by atoms with E-state index in [0.29, 0.717) is 16.7 Å². The maximum atomic E-state index is 12.5. The highest BCUT2D eigenvalue weighted by Crippen LogP contribution is 2.31. The van der Waals surface area contributed by atoms with E-state index in [-0.39, 0.29) is 11.7 Å². The van der Waals surface area contributed by atoms with Crippen molar-refractivity contribution in [2.75, 3.05) is 5.32 Å². The molecule has 0 bridgehead atoms. The molecule has 2 aromatic rings. The standard InChI is InChI=1S/C17H16F2N2O2/c1-9-7-11(8-10(2)14(9)23-17(18)19)15-20-13-6-4-3-5-12(13)16(22)21-15/h3-8,15,17,20H,1-2H3,(H,21,22)/t15-/m0/s1. The lowest BCUT2D eigenvalue weighted by molar-refractivity contribution is -0.0507. The summed E-state index contributed by atoms with van der Waals surface area (Å²) in [5.41, 5.74) is 3.29. The van der Waals surface area contributed by atoms with E-state index >= 15 is 0 Å². The van der Waals surface area contributed by atoms with E-state index in [4.69, 9.17) is 0 Å². The summed E-state index contributed by atoms with van der Waals surface area (Å²) in [6.07, 6.45) is -0.421. The van der Waals surface area contributed by atoms with E-state index in [1.807, 2.05) is 12.1 Å². The number of ether oxygens (including phenoxy) is 1. The number of benzene rings is 2. The number of carbonyl (C=O) groups is 1. The van der Waals surface area contributed by atoms with Gasteiger partial charge in [0.05, 0.1) is 5.56 Å². The third-order valence-electron chi connectivity index (χ3n) is 3.77. The second-order valence-electron chi connectivity index (χ2n) is 5.46. The van der Waals surface area contributed by atoms with Gasteiger partial charge in [-0.05, 0) is 54.8 Å². The highest BCUT2D eigenvalue weighted by molar-refractivity contribution is 6.01. The maximum absolute atomic E-state index is 12.5. The largest absolute Gasteiger partial charge is 0.434 e. The molecule has 6 heteroatoms. The van der Waals surface area contributed by atoms with Gasteiger partial charge in [-0.2, -0.15) is 8.78 Å². The Balaban J connectivity index is 1.93. The Morgan fingerprint density at radius 2 is 1.74 bits per heavy atom. The van der Waals surface area contributed by atoms with Crippen LogP contribution in [0.3, 0.4) is 0 Å². The van der Waals surface area contributed by atoms with Gasteiger partial charge < -0.3 is 15.4 Å². The van der Waals surface area contributed by atoms with Crippen LogP contribution in [0.15, 0.2) is 36.4 Å². The van der Waals surface area contributed by atoms with Crippen LogP contribution in [0.5, 0.6) is 5.75 Å². The zero-order valence-corrected chi connectivity index (χ0v) is 12.7. The molecule has 3 rings (SSSR count). The first-order valence-electron chi connectivity index (χ1n) is 7.18. The van der Waals surface area contributed by atoms with E-state index in [9.17, 15) is 13.6 Å². The third kappa shape index (κ3) is 2.97. The molecular weight excluding hydrogens is 302 g/mol. The number of halogens is 2. The number of rotatable bonds is 3. The lowest BCUT2D eigenvalue weighted by Crippen LogP contribution is -2.38. The molecule has 0 fully saturated rings. The minimum Gasteiger partial charge on any atom is -0.434 e. The van der Waals surface area contributed by atoms with Crippen molar-refractivity contribution in [3.8, 4) is 5.75 Å². The van der Waals surface area contributed by atoms with Crippen molar-refractivity contribution in [3.05, 3.63) is 58.7 Å². The van der Waals surface area contributed by atoms with Gasteiger partial charge in [0.15, 0.2) is 0 Å². The Bertz CT molecular complexity index is 739. The fraction of sp³-hybridized carbons (Fsp3) is 0.235. The van der Waals surface area contributed by atoms with Gasteiger partial charge in [-0.1, -0.05) is 12.1 Å². The van der Waals surface area contributed by atoms with Crippen LogP contribution in [0.4, 0.5) is 14.5 Å². The molecule has 4 nitrogen and oxygen atoms in total. The highest BCUT2D eigenvalue weighted by atomic mass is 19.3. The monoisotopic (exact) mass is 318 g/mol. The minimum atomic E-state index is -2.86. The summed E-state index contributed by atoms with van der Waals surface area (Å²) in [6, 6.07) is 10.7. The summed E-state index contributed by atoms with van der Waals surface area (Å²) >= 11 is 0. The van der Waals surface area contributed by atoms with Crippen molar-refractivity contribution >= 4 is 11.6 Å². The van der Waals surface area contributed by atoms with Crippen LogP contribution in [0.1, 0.15) is 33.2 Å². The van der Waals surface area contributed by atoms with E-state index in [1.165, 1.54) is 0 Å². The van der Waals surface area contributed by atoms with Crippen molar-refractivity contribution in [2.24, 2.45) is 0 Å². The Hall–Kier alpha value is -2.63. The number of para-hydroxylation sites is 1. The second kappa shape index (κ2) is 5.87. The molecule has 0 spiro atoms. The van der Waals surface area contributed by atoms with Crippen molar-refractivity contribution in [1.29, 1.82) is 0 Å². The number of nitrogens with one attached hydrogen (secondary N) is 2. The summed E-state index contributed by atoms with van der Waals surface area (Å²) < 4.78 is 29.5. The molecule has 1 heterocycles. The van der Waals surface area contributed by atoms with Gasteiger partial charge in [0.1, 0.15) is 11.9 Å². The molecule has 0 aliphatic carbocycles. The maximum Gasteiger partial charge on any atom is 0.387 e. The predicted octanol–water partition coefficient (Wildman–Crippen LogP) is 3.76. The summed E-state index contributed by atoms with van der Waals surface area (Å²) in [5.74, 6) is -0.00107. The van der Waals surface area contributed by atoms with Gasteiger partial charge in [-0.25, -0.2) is 0 Å². The van der Waals surface area contributed by atoms with Crippen LogP contribution in [-0.2, 0) is 0 Å². The molecule has 1 aliphatic rings. The number of aryl methyl sites for hydroxylation is 2. The van der Waals surface area contributed by atoms with Crippen molar-refractivity contribution in [1.82, 2.24) is 5.32 Å². The molecule has 0 unspecified atom stereocenters. The van der Waals surface area contributed by atoms with E-state index in [2.05, 4.69) is 15.4 Å². The number of amides is 1. The number of anilines is 1. The molecular formula is C17H16F2N2O2. The van der Waals surface area contributed by atoms with Crippen molar-refractivity contribution in [2.45, 2.75) is 26.6 Å². The predicted molar refractivity (Wildman–Crippen MR) is 82.8 cm³/mol. The van der Waals surface area contributed by atoms with Gasteiger partial charge >= 0.3 is 6.61 Å². The van der Waals surface area contributed by atoms with E-state index in [0.717, 1.165) is 11.3 Å². The quantitative estimate of drug-likeness (QED) is 0.906.